The van der Waals surface area contributed by atoms with Crippen molar-refractivity contribution in [2.75, 3.05) is 10.6 Å². The molecular formula is C26H30FN7O. The maximum atomic E-state index is 14.5. The van der Waals surface area contributed by atoms with Crippen LogP contribution in [0.15, 0.2) is 54.7 Å². The van der Waals surface area contributed by atoms with Crippen molar-refractivity contribution in [3.63, 3.8) is 0 Å². The van der Waals surface area contributed by atoms with Gasteiger partial charge in [0.1, 0.15) is 11.5 Å². The van der Waals surface area contributed by atoms with Gasteiger partial charge in [-0.25, -0.2) is 4.39 Å². The normalized spacial score (nSPS) is 23.9. The second-order valence-corrected chi connectivity index (χ2v) is 9.30. The molecule has 9 heteroatoms. The predicted octanol–water partition coefficient (Wildman–Crippen LogP) is 3.65. The van der Waals surface area contributed by atoms with E-state index in [9.17, 15) is 9.18 Å². The molecule has 2 aromatic heterocycles. The number of benzene rings is 1. The van der Waals surface area contributed by atoms with E-state index >= 15 is 0 Å². The van der Waals surface area contributed by atoms with Crippen LogP contribution in [0.1, 0.15) is 41.1 Å². The highest BCUT2D eigenvalue weighted by atomic mass is 19.1. The van der Waals surface area contributed by atoms with E-state index in [1.807, 2.05) is 25.1 Å². The third-order valence-electron chi connectivity index (χ3n) is 6.78. The van der Waals surface area contributed by atoms with Gasteiger partial charge in [0.05, 0.1) is 17.1 Å². The van der Waals surface area contributed by atoms with Crippen LogP contribution in [0.3, 0.4) is 0 Å². The van der Waals surface area contributed by atoms with E-state index in [4.69, 9.17) is 0 Å². The molecule has 2 aliphatic rings. The van der Waals surface area contributed by atoms with Crippen molar-refractivity contribution >= 4 is 23.4 Å². The number of carbonyl (C=O) groups excluding carboxylic acids is 1. The molecule has 3 aromatic rings. The van der Waals surface area contributed by atoms with Gasteiger partial charge in [0.25, 0.3) is 5.91 Å². The van der Waals surface area contributed by atoms with Crippen LogP contribution < -0.4 is 21.5 Å². The van der Waals surface area contributed by atoms with Crippen LogP contribution in [0.2, 0.25) is 0 Å². The van der Waals surface area contributed by atoms with Gasteiger partial charge >= 0.3 is 0 Å². The maximum absolute atomic E-state index is 14.5. The molecule has 1 saturated heterocycles. The molecule has 0 bridgehead atoms. The Morgan fingerprint density at radius 1 is 1.20 bits per heavy atom. The topological polar surface area (TPSA) is 95.9 Å². The summed E-state index contributed by atoms with van der Waals surface area (Å²) in [6.07, 6.45) is 9.06. The lowest BCUT2D eigenvalue weighted by atomic mass is 9.79. The van der Waals surface area contributed by atoms with E-state index in [0.29, 0.717) is 17.7 Å². The lowest BCUT2D eigenvalue weighted by molar-refractivity contribution is 0.101. The van der Waals surface area contributed by atoms with Crippen molar-refractivity contribution in [2.45, 2.75) is 44.3 Å². The number of hydrogen-bond donors (Lipinski definition) is 4. The van der Waals surface area contributed by atoms with Gasteiger partial charge in [-0.2, -0.15) is 5.10 Å². The van der Waals surface area contributed by atoms with Crippen molar-refractivity contribution in [2.24, 2.45) is 13.0 Å². The molecule has 4 unspecified atom stereocenters. The Labute approximate surface area is 204 Å². The zero-order valence-corrected chi connectivity index (χ0v) is 19.8. The minimum atomic E-state index is -0.476. The van der Waals surface area contributed by atoms with Crippen LogP contribution in [0.5, 0.6) is 0 Å². The highest BCUT2D eigenvalue weighted by Gasteiger charge is 2.39. The highest BCUT2D eigenvalue weighted by Crippen LogP contribution is 2.33. The van der Waals surface area contributed by atoms with Crippen LogP contribution in [0.4, 0.5) is 15.8 Å². The monoisotopic (exact) mass is 475 g/mol. The van der Waals surface area contributed by atoms with E-state index in [0.717, 1.165) is 36.3 Å². The summed E-state index contributed by atoms with van der Waals surface area (Å²) in [5.41, 5.74) is 9.85. The van der Waals surface area contributed by atoms with E-state index in [-0.39, 0.29) is 17.8 Å². The Morgan fingerprint density at radius 2 is 2.09 bits per heavy atom. The van der Waals surface area contributed by atoms with Crippen molar-refractivity contribution in [1.82, 2.24) is 25.6 Å². The fraction of sp³-hybridized carbons (Fsp3) is 0.346. The summed E-state index contributed by atoms with van der Waals surface area (Å²) in [5, 5.41) is 10.4. The first-order chi connectivity index (χ1) is 17.0. The van der Waals surface area contributed by atoms with Gasteiger partial charge in [-0.05, 0) is 74.6 Å². The van der Waals surface area contributed by atoms with Crippen LogP contribution in [-0.4, -0.2) is 38.8 Å². The number of hydrazine groups is 1. The highest BCUT2D eigenvalue weighted by molar-refractivity contribution is 6.03. The van der Waals surface area contributed by atoms with Crippen LogP contribution >= 0.6 is 0 Å². The maximum Gasteiger partial charge on any atom is 0.274 e. The number of anilines is 2. The first kappa shape index (κ1) is 23.2. The molecule has 1 aliphatic carbocycles. The number of nitrogens with zero attached hydrogens (tertiary/aromatic N) is 3. The zero-order chi connectivity index (χ0) is 24.4. The quantitative estimate of drug-likeness (QED) is 0.435. The molecule has 3 heterocycles. The molecule has 1 aromatic carbocycles. The molecule has 4 N–H and O–H groups in total. The lowest BCUT2D eigenvalue weighted by Gasteiger charge is -2.33. The number of halogens is 1. The summed E-state index contributed by atoms with van der Waals surface area (Å²) in [4.78, 5) is 17.0. The molecule has 1 aliphatic heterocycles. The van der Waals surface area contributed by atoms with E-state index in [1.165, 1.54) is 10.7 Å². The number of carbonyl (C=O) groups is 1. The number of pyridine rings is 1. The van der Waals surface area contributed by atoms with Gasteiger partial charge in [0, 0.05) is 37.1 Å². The molecule has 182 valence electrons. The molecular weight excluding hydrogens is 445 g/mol. The number of amides is 1. The molecule has 2 fully saturated rings. The standard InChI is InChI=1S/C26H30FN7O/c1-16-13-25(34(2)33-16)26(35)30-24-15-19(7-10-21(24)27)29-18-6-9-20-22(31-32-23(20)14-18)11-8-17-5-3-4-12-28-17/h3-5,7-8,10-13,15,18,20,22-23,29,31-32H,6,9,14H2,1-2H3,(H,30,35). The zero-order valence-electron chi connectivity index (χ0n) is 19.8. The second kappa shape index (κ2) is 9.97. The first-order valence-electron chi connectivity index (χ1n) is 11.9. The molecule has 0 spiro atoms. The fourth-order valence-corrected chi connectivity index (χ4v) is 5.05. The Bertz CT molecular complexity index is 1230. The molecule has 8 nitrogen and oxygen atoms in total. The third kappa shape index (κ3) is 5.26. The minimum absolute atomic E-state index is 0.146. The smallest absolute Gasteiger partial charge is 0.274 e. The number of hydrogen-bond acceptors (Lipinski definition) is 6. The third-order valence-corrected chi connectivity index (χ3v) is 6.78. The summed E-state index contributed by atoms with van der Waals surface area (Å²) in [6, 6.07) is 13.2. The van der Waals surface area contributed by atoms with Gasteiger partial charge in [-0.15, -0.1) is 0 Å². The lowest BCUT2D eigenvalue weighted by Crippen LogP contribution is -2.40. The van der Waals surface area contributed by atoms with Gasteiger partial charge < -0.3 is 10.6 Å². The average molecular weight is 476 g/mol. The Morgan fingerprint density at radius 3 is 2.86 bits per heavy atom. The van der Waals surface area contributed by atoms with Gasteiger partial charge in [-0.3, -0.25) is 25.3 Å². The predicted molar refractivity (Wildman–Crippen MR) is 134 cm³/mol. The van der Waals surface area contributed by atoms with Crippen molar-refractivity contribution in [1.29, 1.82) is 0 Å². The molecule has 5 rings (SSSR count). The number of nitrogens with one attached hydrogen (secondary N) is 4. The number of aromatic nitrogens is 3. The second-order valence-electron chi connectivity index (χ2n) is 9.30. The van der Waals surface area contributed by atoms with E-state index in [1.54, 1.807) is 31.4 Å². The van der Waals surface area contributed by atoms with Gasteiger partial charge in [0.2, 0.25) is 0 Å². The summed E-state index contributed by atoms with van der Waals surface area (Å²) >= 11 is 0. The molecule has 0 radical (unpaired) electrons. The summed E-state index contributed by atoms with van der Waals surface area (Å²) in [5.74, 6) is -0.371. The Kier molecular flexibility index (Phi) is 6.61. The minimum Gasteiger partial charge on any atom is -0.382 e. The van der Waals surface area contributed by atoms with Gasteiger partial charge in [0.15, 0.2) is 0 Å². The van der Waals surface area contributed by atoms with Crippen LogP contribution in [0.25, 0.3) is 6.08 Å². The van der Waals surface area contributed by atoms with Crippen LogP contribution in [0, 0.1) is 18.7 Å². The largest absolute Gasteiger partial charge is 0.382 e. The SMILES string of the molecule is Cc1cc(C(=O)Nc2cc(NC3CCC4C(C=Cc5ccccn5)NNC4C3)ccc2F)n(C)n1. The summed E-state index contributed by atoms with van der Waals surface area (Å²) in [7, 11) is 1.69. The van der Waals surface area contributed by atoms with Crippen molar-refractivity contribution < 1.29 is 9.18 Å². The van der Waals surface area contributed by atoms with E-state index < -0.39 is 11.7 Å². The summed E-state index contributed by atoms with van der Waals surface area (Å²) < 4.78 is 15.9. The Balaban J connectivity index is 1.20. The van der Waals surface area contributed by atoms with Crippen LogP contribution in [-0.2, 0) is 7.05 Å². The number of aryl methyl sites for hydroxylation is 2. The number of rotatable bonds is 6. The molecule has 1 saturated carbocycles. The molecule has 35 heavy (non-hydrogen) atoms. The number of fused-ring (bicyclic) bond motifs is 1. The fourth-order valence-electron chi connectivity index (χ4n) is 5.05. The van der Waals surface area contributed by atoms with Crippen molar-refractivity contribution in [3.05, 3.63) is 77.6 Å². The molecule has 4 atom stereocenters. The van der Waals surface area contributed by atoms with E-state index in [2.05, 4.69) is 43.7 Å². The summed E-state index contributed by atoms with van der Waals surface area (Å²) in [6.45, 7) is 1.81. The first-order valence-corrected chi connectivity index (χ1v) is 11.9. The van der Waals surface area contributed by atoms with Crippen molar-refractivity contribution in [3.8, 4) is 0 Å². The molecule has 1 amide bonds. The average Bonchev–Trinajstić information content (AvgIpc) is 3.42. The Hall–Kier alpha value is -3.56. The van der Waals surface area contributed by atoms with Gasteiger partial charge in [-0.1, -0.05) is 12.1 Å².